The molecule has 1 unspecified atom stereocenters. The van der Waals surface area contributed by atoms with Crippen LogP contribution in [0.15, 0.2) is 23.0 Å². The van der Waals surface area contributed by atoms with Crippen LogP contribution in [-0.2, 0) is 11.8 Å². The summed E-state index contributed by atoms with van der Waals surface area (Å²) in [5, 5.41) is 6.13. The highest BCUT2D eigenvalue weighted by atomic mass is 16.2. The Bertz CT molecular complexity index is 800. The summed E-state index contributed by atoms with van der Waals surface area (Å²) in [4.78, 5) is 24.8. The maximum atomic E-state index is 12.6. The molecule has 6 heteroatoms. The molecule has 6 nitrogen and oxygen atoms in total. The van der Waals surface area contributed by atoms with Crippen molar-refractivity contribution in [3.8, 4) is 0 Å². The van der Waals surface area contributed by atoms with Crippen LogP contribution in [0.1, 0.15) is 30.4 Å². The number of hydrogen-bond acceptors (Lipinski definition) is 3. The lowest BCUT2D eigenvalue weighted by molar-refractivity contribution is -0.125. The molecule has 1 atom stereocenters. The predicted octanol–water partition coefficient (Wildman–Crippen LogP) is 0.478. The standard InChI is InChI=1S/C16H20N4O2/c1-19-14-7-10(11-8-17-9-11)4-5-12(14)20(16(19)22)13-3-2-6-18-15(13)21/h4-5,7,11,13,17H,2-3,6,8-9H2,1H3,(H,18,21). The van der Waals surface area contributed by atoms with Crippen LogP contribution in [0.25, 0.3) is 11.0 Å². The monoisotopic (exact) mass is 300 g/mol. The lowest BCUT2D eigenvalue weighted by atomic mass is 9.93. The van der Waals surface area contributed by atoms with E-state index in [0.717, 1.165) is 37.0 Å². The largest absolute Gasteiger partial charge is 0.354 e. The van der Waals surface area contributed by atoms with E-state index >= 15 is 0 Å². The second kappa shape index (κ2) is 4.98. The summed E-state index contributed by atoms with van der Waals surface area (Å²) in [6, 6.07) is 5.79. The Balaban J connectivity index is 1.86. The van der Waals surface area contributed by atoms with Crippen molar-refractivity contribution < 1.29 is 4.79 Å². The van der Waals surface area contributed by atoms with E-state index in [-0.39, 0.29) is 17.6 Å². The van der Waals surface area contributed by atoms with E-state index < -0.39 is 0 Å². The molecular formula is C16H20N4O2. The molecule has 1 amide bonds. The minimum Gasteiger partial charge on any atom is -0.354 e. The minimum absolute atomic E-state index is 0.0480. The third kappa shape index (κ3) is 1.90. The minimum atomic E-state index is -0.388. The third-order valence-electron chi connectivity index (χ3n) is 4.93. The van der Waals surface area contributed by atoms with E-state index in [0.29, 0.717) is 12.5 Å². The molecule has 116 valence electrons. The number of carbonyl (C=O) groups excluding carboxylic acids is 1. The number of amides is 1. The van der Waals surface area contributed by atoms with Crippen molar-refractivity contribution in [2.75, 3.05) is 19.6 Å². The van der Waals surface area contributed by atoms with Gasteiger partial charge in [-0.1, -0.05) is 6.07 Å². The average molecular weight is 300 g/mol. The molecule has 4 rings (SSSR count). The van der Waals surface area contributed by atoms with Crippen LogP contribution in [0.5, 0.6) is 0 Å². The zero-order valence-electron chi connectivity index (χ0n) is 12.6. The quantitative estimate of drug-likeness (QED) is 0.847. The molecule has 0 spiro atoms. The number of hydrogen-bond donors (Lipinski definition) is 2. The molecule has 2 aliphatic rings. The highest BCUT2D eigenvalue weighted by molar-refractivity contribution is 5.85. The van der Waals surface area contributed by atoms with E-state index in [9.17, 15) is 9.59 Å². The zero-order valence-corrected chi connectivity index (χ0v) is 12.6. The second-order valence-electron chi connectivity index (χ2n) is 6.26. The Labute approximate surface area is 128 Å². The second-order valence-corrected chi connectivity index (χ2v) is 6.26. The van der Waals surface area contributed by atoms with Gasteiger partial charge >= 0.3 is 5.69 Å². The van der Waals surface area contributed by atoms with Gasteiger partial charge in [0, 0.05) is 32.6 Å². The Morgan fingerprint density at radius 3 is 2.68 bits per heavy atom. The van der Waals surface area contributed by atoms with E-state index in [2.05, 4.69) is 22.8 Å². The summed E-state index contributed by atoms with van der Waals surface area (Å²) in [6.07, 6.45) is 1.63. The lowest BCUT2D eigenvalue weighted by Gasteiger charge is -2.27. The van der Waals surface area contributed by atoms with E-state index in [1.54, 1.807) is 16.2 Å². The molecule has 2 N–H and O–H groups in total. The van der Waals surface area contributed by atoms with E-state index in [1.807, 2.05) is 6.07 Å². The first-order valence-corrected chi connectivity index (χ1v) is 7.86. The van der Waals surface area contributed by atoms with Crippen molar-refractivity contribution in [3.63, 3.8) is 0 Å². The smallest absolute Gasteiger partial charge is 0.329 e. The van der Waals surface area contributed by atoms with Gasteiger partial charge in [-0.2, -0.15) is 0 Å². The van der Waals surface area contributed by atoms with Gasteiger partial charge in [-0.05, 0) is 30.5 Å². The first kappa shape index (κ1) is 13.6. The summed E-state index contributed by atoms with van der Waals surface area (Å²) < 4.78 is 3.32. The number of piperidine rings is 1. The zero-order chi connectivity index (χ0) is 15.3. The van der Waals surface area contributed by atoms with Gasteiger partial charge in [0.1, 0.15) is 6.04 Å². The van der Waals surface area contributed by atoms with Crippen LogP contribution < -0.4 is 16.3 Å². The fourth-order valence-corrected chi connectivity index (χ4v) is 3.46. The summed E-state index contributed by atoms with van der Waals surface area (Å²) in [5.41, 5.74) is 2.91. The fraction of sp³-hybridized carbons (Fsp3) is 0.500. The van der Waals surface area contributed by atoms with Crippen LogP contribution in [0, 0.1) is 0 Å². The average Bonchev–Trinajstić information content (AvgIpc) is 2.70. The Hall–Kier alpha value is -2.08. The molecule has 1 aromatic heterocycles. The number of imidazole rings is 1. The van der Waals surface area contributed by atoms with Crippen molar-refractivity contribution >= 4 is 16.9 Å². The number of fused-ring (bicyclic) bond motifs is 1. The molecule has 22 heavy (non-hydrogen) atoms. The summed E-state index contributed by atoms with van der Waals surface area (Å²) in [7, 11) is 1.78. The van der Waals surface area contributed by atoms with E-state index in [4.69, 9.17) is 0 Å². The fourth-order valence-electron chi connectivity index (χ4n) is 3.46. The van der Waals surface area contributed by atoms with Gasteiger partial charge in [-0.3, -0.25) is 13.9 Å². The van der Waals surface area contributed by atoms with Crippen LogP contribution in [0.3, 0.4) is 0 Å². The van der Waals surface area contributed by atoms with Gasteiger partial charge in [0.2, 0.25) is 5.91 Å². The molecule has 2 fully saturated rings. The number of nitrogens with one attached hydrogen (secondary N) is 2. The number of aromatic nitrogens is 2. The highest BCUT2D eigenvalue weighted by Crippen LogP contribution is 2.27. The van der Waals surface area contributed by atoms with Crippen molar-refractivity contribution in [1.29, 1.82) is 0 Å². The van der Waals surface area contributed by atoms with Crippen molar-refractivity contribution in [2.24, 2.45) is 7.05 Å². The van der Waals surface area contributed by atoms with Gasteiger partial charge in [0.15, 0.2) is 0 Å². The van der Waals surface area contributed by atoms with Crippen LogP contribution in [-0.4, -0.2) is 34.7 Å². The maximum absolute atomic E-state index is 12.6. The summed E-state index contributed by atoms with van der Waals surface area (Å²) >= 11 is 0. The molecule has 3 heterocycles. The maximum Gasteiger partial charge on any atom is 0.329 e. The van der Waals surface area contributed by atoms with Gasteiger partial charge < -0.3 is 10.6 Å². The third-order valence-corrected chi connectivity index (χ3v) is 4.93. The van der Waals surface area contributed by atoms with Crippen molar-refractivity contribution in [3.05, 3.63) is 34.2 Å². The first-order chi connectivity index (χ1) is 10.7. The highest BCUT2D eigenvalue weighted by Gasteiger charge is 2.28. The molecule has 2 aliphatic heterocycles. The molecule has 0 saturated carbocycles. The van der Waals surface area contributed by atoms with Crippen LogP contribution >= 0.6 is 0 Å². The lowest BCUT2D eigenvalue weighted by Crippen LogP contribution is -2.41. The van der Waals surface area contributed by atoms with E-state index in [1.165, 1.54) is 5.56 Å². The summed E-state index contributed by atoms with van der Waals surface area (Å²) in [6.45, 7) is 2.68. The molecule has 0 bridgehead atoms. The van der Waals surface area contributed by atoms with Gasteiger partial charge in [-0.15, -0.1) is 0 Å². The van der Waals surface area contributed by atoms with Crippen LogP contribution in [0.2, 0.25) is 0 Å². The predicted molar refractivity (Wildman–Crippen MR) is 84.1 cm³/mol. The molecule has 2 saturated heterocycles. The van der Waals surface area contributed by atoms with Crippen LogP contribution in [0.4, 0.5) is 0 Å². The first-order valence-electron chi connectivity index (χ1n) is 7.86. The normalized spacial score (nSPS) is 22.6. The van der Waals surface area contributed by atoms with Crippen molar-refractivity contribution in [2.45, 2.75) is 24.8 Å². The molecular weight excluding hydrogens is 280 g/mol. The summed E-state index contributed by atoms with van der Waals surface area (Å²) in [5.74, 6) is 0.481. The Morgan fingerprint density at radius 1 is 1.18 bits per heavy atom. The molecule has 1 aromatic carbocycles. The number of aryl methyl sites for hydroxylation is 1. The topological polar surface area (TPSA) is 68.1 Å². The Morgan fingerprint density at radius 2 is 2.00 bits per heavy atom. The number of carbonyl (C=O) groups is 1. The van der Waals surface area contributed by atoms with Gasteiger partial charge in [0.05, 0.1) is 11.0 Å². The SMILES string of the molecule is Cn1c(=O)n(C2CCCNC2=O)c2ccc(C3CNC3)cc21. The molecule has 0 radical (unpaired) electrons. The van der Waals surface area contributed by atoms with Gasteiger partial charge in [0.25, 0.3) is 0 Å². The van der Waals surface area contributed by atoms with Crippen molar-refractivity contribution in [1.82, 2.24) is 19.8 Å². The molecule has 0 aliphatic carbocycles. The molecule has 2 aromatic rings. The Kier molecular flexibility index (Phi) is 3.07. The number of nitrogens with zero attached hydrogens (tertiary/aromatic N) is 2. The van der Waals surface area contributed by atoms with Gasteiger partial charge in [-0.25, -0.2) is 4.79 Å². The number of rotatable bonds is 2. The number of benzene rings is 1.